The Morgan fingerprint density at radius 3 is 2.33 bits per heavy atom. The van der Waals surface area contributed by atoms with Crippen molar-refractivity contribution in [2.45, 2.75) is 38.6 Å². The largest absolute Gasteiger partial charge is 0.314 e. The summed E-state index contributed by atoms with van der Waals surface area (Å²) in [6.07, 6.45) is 4.39. The van der Waals surface area contributed by atoms with Crippen molar-refractivity contribution in [2.75, 3.05) is 18.1 Å². The Kier molecular flexibility index (Phi) is 3.36. The Morgan fingerprint density at radius 2 is 1.80 bits per heavy atom. The normalized spacial score (nSPS) is 28.9. The first-order valence-electron chi connectivity index (χ1n) is 6.00. The molecule has 0 aromatic heterocycles. The third-order valence-corrected chi connectivity index (χ3v) is 5.43. The van der Waals surface area contributed by atoms with Gasteiger partial charge in [0, 0.05) is 6.04 Å². The summed E-state index contributed by atoms with van der Waals surface area (Å²) in [6.45, 7) is 3.36. The number of nitrogens with one attached hydrogen (secondary N) is 1. The van der Waals surface area contributed by atoms with Gasteiger partial charge < -0.3 is 5.32 Å². The number of rotatable bonds is 4. The quantitative estimate of drug-likeness (QED) is 0.791. The highest BCUT2D eigenvalue weighted by atomic mass is 32.2. The molecule has 1 heterocycles. The molecule has 0 amide bonds. The monoisotopic (exact) mass is 231 g/mol. The smallest absolute Gasteiger partial charge is 0.150 e. The second kappa shape index (κ2) is 4.42. The van der Waals surface area contributed by atoms with Crippen LogP contribution in [0.5, 0.6) is 0 Å². The lowest BCUT2D eigenvalue weighted by atomic mass is 10.1. The van der Waals surface area contributed by atoms with Crippen LogP contribution in [0, 0.1) is 11.8 Å². The zero-order valence-electron chi connectivity index (χ0n) is 9.41. The molecule has 15 heavy (non-hydrogen) atoms. The Bertz CT molecular complexity index is 295. The summed E-state index contributed by atoms with van der Waals surface area (Å²) in [5.41, 5.74) is 0. The van der Waals surface area contributed by atoms with Gasteiger partial charge in [-0.2, -0.15) is 0 Å². The average molecular weight is 231 g/mol. The second-order valence-corrected chi connectivity index (χ2v) is 7.45. The highest BCUT2D eigenvalue weighted by Gasteiger charge is 2.29. The maximum absolute atomic E-state index is 11.2. The molecule has 2 rings (SSSR count). The third-order valence-electron chi connectivity index (χ3n) is 3.71. The molecule has 1 unspecified atom stereocenters. The molecule has 0 spiro atoms. The summed E-state index contributed by atoms with van der Waals surface area (Å²) in [4.78, 5) is 0. The molecule has 1 saturated heterocycles. The van der Waals surface area contributed by atoms with Gasteiger partial charge in [0.15, 0.2) is 0 Å². The summed E-state index contributed by atoms with van der Waals surface area (Å²) in [6, 6.07) is 0.440. The van der Waals surface area contributed by atoms with E-state index in [1.165, 1.54) is 12.8 Å². The van der Waals surface area contributed by atoms with Gasteiger partial charge in [-0.15, -0.1) is 0 Å². The minimum Gasteiger partial charge on any atom is -0.314 e. The minimum atomic E-state index is -2.70. The first-order valence-corrected chi connectivity index (χ1v) is 7.83. The van der Waals surface area contributed by atoms with E-state index in [9.17, 15) is 8.42 Å². The highest BCUT2D eigenvalue weighted by molar-refractivity contribution is 7.91. The van der Waals surface area contributed by atoms with Crippen molar-refractivity contribution < 1.29 is 8.42 Å². The number of hydrogen-bond acceptors (Lipinski definition) is 3. The zero-order chi connectivity index (χ0) is 10.9. The van der Waals surface area contributed by atoms with E-state index < -0.39 is 9.84 Å². The summed E-state index contributed by atoms with van der Waals surface area (Å²) in [5.74, 6) is 2.46. The molecule has 0 radical (unpaired) electrons. The van der Waals surface area contributed by atoms with Gasteiger partial charge in [0.05, 0.1) is 11.5 Å². The highest BCUT2D eigenvalue weighted by Crippen LogP contribution is 2.36. The van der Waals surface area contributed by atoms with E-state index in [2.05, 4.69) is 12.2 Å². The fraction of sp³-hybridized carbons (Fsp3) is 1.00. The zero-order valence-corrected chi connectivity index (χ0v) is 10.2. The third kappa shape index (κ3) is 3.45. The van der Waals surface area contributed by atoms with Gasteiger partial charge >= 0.3 is 0 Å². The van der Waals surface area contributed by atoms with Crippen LogP contribution < -0.4 is 5.32 Å². The molecule has 88 valence electrons. The maximum Gasteiger partial charge on any atom is 0.150 e. The number of hydrogen-bond donors (Lipinski definition) is 1. The van der Waals surface area contributed by atoms with Crippen LogP contribution in [0.15, 0.2) is 0 Å². The Morgan fingerprint density at radius 1 is 1.20 bits per heavy atom. The topological polar surface area (TPSA) is 46.2 Å². The fourth-order valence-corrected chi connectivity index (χ4v) is 3.77. The number of sulfone groups is 1. The van der Waals surface area contributed by atoms with Gasteiger partial charge in [-0.3, -0.25) is 0 Å². The molecule has 2 fully saturated rings. The van der Waals surface area contributed by atoms with Crippen LogP contribution in [-0.2, 0) is 9.84 Å². The average Bonchev–Trinajstić information content (AvgIpc) is 2.99. The predicted molar refractivity (Wildman–Crippen MR) is 61.6 cm³/mol. The molecular formula is C11H21NO2S. The Balaban J connectivity index is 1.68. The van der Waals surface area contributed by atoms with Crippen LogP contribution in [0.2, 0.25) is 0 Å². The van der Waals surface area contributed by atoms with Crippen LogP contribution in [0.1, 0.15) is 32.6 Å². The molecule has 1 aliphatic carbocycles. The molecule has 3 nitrogen and oxygen atoms in total. The lowest BCUT2D eigenvalue weighted by Gasteiger charge is -2.24. The van der Waals surface area contributed by atoms with Crippen molar-refractivity contribution >= 4 is 9.84 Å². The van der Waals surface area contributed by atoms with Crippen molar-refractivity contribution in [3.05, 3.63) is 0 Å². The van der Waals surface area contributed by atoms with Gasteiger partial charge in [0.2, 0.25) is 0 Å². The van der Waals surface area contributed by atoms with Crippen LogP contribution in [0.25, 0.3) is 0 Å². The molecular weight excluding hydrogens is 210 g/mol. The fourth-order valence-electron chi connectivity index (χ4n) is 2.28. The molecule has 1 N–H and O–H groups in total. The SMILES string of the molecule is CC(CNC1CCS(=O)(=O)CC1)C1CC1. The lowest BCUT2D eigenvalue weighted by Crippen LogP contribution is -2.39. The van der Waals surface area contributed by atoms with Gasteiger partial charge in [0.25, 0.3) is 0 Å². The van der Waals surface area contributed by atoms with E-state index in [0.29, 0.717) is 17.5 Å². The Labute approximate surface area is 92.6 Å². The first-order chi connectivity index (χ1) is 7.07. The van der Waals surface area contributed by atoms with E-state index in [1.54, 1.807) is 0 Å². The molecule has 1 atom stereocenters. The summed E-state index contributed by atoms with van der Waals surface area (Å²) >= 11 is 0. The van der Waals surface area contributed by atoms with Crippen molar-refractivity contribution in [2.24, 2.45) is 11.8 Å². The van der Waals surface area contributed by atoms with E-state index >= 15 is 0 Å². The van der Waals surface area contributed by atoms with Crippen LogP contribution in [0.3, 0.4) is 0 Å². The molecule has 2 aliphatic rings. The minimum absolute atomic E-state index is 0.377. The van der Waals surface area contributed by atoms with Gasteiger partial charge in [-0.1, -0.05) is 6.92 Å². The molecule has 1 saturated carbocycles. The summed E-state index contributed by atoms with van der Waals surface area (Å²) < 4.78 is 22.4. The van der Waals surface area contributed by atoms with Crippen LogP contribution in [-0.4, -0.2) is 32.5 Å². The molecule has 0 aromatic rings. The van der Waals surface area contributed by atoms with Gasteiger partial charge in [-0.25, -0.2) is 8.42 Å². The van der Waals surface area contributed by atoms with Gasteiger partial charge in [-0.05, 0) is 44.1 Å². The second-order valence-electron chi connectivity index (χ2n) is 5.15. The van der Waals surface area contributed by atoms with Gasteiger partial charge in [0.1, 0.15) is 9.84 Å². The summed E-state index contributed by atoms with van der Waals surface area (Å²) in [7, 11) is -2.70. The van der Waals surface area contributed by atoms with Crippen molar-refractivity contribution in [3.63, 3.8) is 0 Å². The van der Waals surface area contributed by atoms with E-state index in [-0.39, 0.29) is 0 Å². The first kappa shape index (κ1) is 11.4. The molecule has 0 aromatic carbocycles. The van der Waals surface area contributed by atoms with Crippen molar-refractivity contribution in [1.82, 2.24) is 5.32 Å². The van der Waals surface area contributed by atoms with E-state index in [1.807, 2.05) is 0 Å². The Hall–Kier alpha value is -0.0900. The maximum atomic E-state index is 11.2. The molecule has 0 bridgehead atoms. The van der Waals surface area contributed by atoms with Crippen molar-refractivity contribution in [3.8, 4) is 0 Å². The predicted octanol–water partition coefficient (Wildman–Crippen LogP) is 1.20. The molecule has 1 aliphatic heterocycles. The van der Waals surface area contributed by atoms with E-state index in [4.69, 9.17) is 0 Å². The standard InChI is InChI=1S/C11H21NO2S/c1-9(10-2-3-10)8-12-11-4-6-15(13,14)7-5-11/h9-12H,2-8H2,1H3. The van der Waals surface area contributed by atoms with Crippen LogP contribution >= 0.6 is 0 Å². The molecule has 4 heteroatoms. The lowest BCUT2D eigenvalue weighted by molar-refractivity contribution is 0.395. The summed E-state index contributed by atoms with van der Waals surface area (Å²) in [5, 5.41) is 3.52. The van der Waals surface area contributed by atoms with E-state index in [0.717, 1.165) is 31.2 Å². The van der Waals surface area contributed by atoms with Crippen molar-refractivity contribution in [1.29, 1.82) is 0 Å². The van der Waals surface area contributed by atoms with Crippen LogP contribution in [0.4, 0.5) is 0 Å².